The van der Waals surface area contributed by atoms with Crippen molar-refractivity contribution < 1.29 is 9.59 Å². The number of aliphatic imine (C=N–C) groups is 1. The van der Waals surface area contributed by atoms with Crippen LogP contribution in [0.5, 0.6) is 0 Å². The van der Waals surface area contributed by atoms with Gasteiger partial charge in [-0.3, -0.25) is 4.79 Å². The first-order chi connectivity index (χ1) is 5.79. The van der Waals surface area contributed by atoms with Crippen LogP contribution in [0.2, 0.25) is 0 Å². The first kappa shape index (κ1) is 8.94. The lowest BCUT2D eigenvalue weighted by molar-refractivity contribution is -0.128. The lowest BCUT2D eigenvalue weighted by Gasteiger charge is -2.13. The number of amides is 1. The zero-order valence-corrected chi connectivity index (χ0v) is 7.12. The van der Waals surface area contributed by atoms with Crippen molar-refractivity contribution in [3.8, 4) is 0 Å². The first-order valence-electron chi connectivity index (χ1n) is 4.15. The summed E-state index contributed by atoms with van der Waals surface area (Å²) in [4.78, 5) is 26.4. The third-order valence-electron chi connectivity index (χ3n) is 1.97. The van der Waals surface area contributed by atoms with Crippen LogP contribution in [0.25, 0.3) is 0 Å². The van der Waals surface area contributed by atoms with Crippen LogP contribution >= 0.6 is 0 Å². The molecular weight excluding hydrogens is 156 g/mol. The maximum atomic E-state index is 11.3. The number of nitrogens with zero attached hydrogens (tertiary/aromatic N) is 2. The van der Waals surface area contributed by atoms with Gasteiger partial charge in [0.25, 0.3) is 0 Å². The van der Waals surface area contributed by atoms with E-state index in [1.165, 1.54) is 6.08 Å². The minimum Gasteiger partial charge on any atom is -0.341 e. The van der Waals surface area contributed by atoms with Gasteiger partial charge in [0.15, 0.2) is 0 Å². The number of isocyanates is 1. The molecule has 1 heterocycles. The van der Waals surface area contributed by atoms with E-state index in [1.54, 1.807) is 4.90 Å². The maximum absolute atomic E-state index is 11.3. The molecule has 0 saturated carbocycles. The molecule has 66 valence electrons. The molecule has 4 nitrogen and oxygen atoms in total. The third kappa shape index (κ3) is 1.71. The van der Waals surface area contributed by atoms with Gasteiger partial charge in [0, 0.05) is 13.1 Å². The summed E-state index contributed by atoms with van der Waals surface area (Å²) in [5.74, 6) is -0.0276. The van der Waals surface area contributed by atoms with Gasteiger partial charge in [0.2, 0.25) is 12.0 Å². The van der Waals surface area contributed by atoms with Crippen LogP contribution in [-0.4, -0.2) is 36.0 Å². The highest BCUT2D eigenvalue weighted by Crippen LogP contribution is 2.13. The summed E-state index contributed by atoms with van der Waals surface area (Å²) in [6.45, 7) is 3.51. The van der Waals surface area contributed by atoms with E-state index in [4.69, 9.17) is 0 Å². The second kappa shape index (κ2) is 4.02. The molecule has 12 heavy (non-hydrogen) atoms. The molecule has 1 amide bonds. The van der Waals surface area contributed by atoms with E-state index in [2.05, 4.69) is 4.99 Å². The zero-order chi connectivity index (χ0) is 8.97. The molecule has 1 aliphatic heterocycles. The standard InChI is InChI=1S/C8H12N2O2/c1-2-4-10-5-3-7(8(10)12)9-6-11/h7H,2-5H2,1H3. The highest BCUT2D eigenvalue weighted by atomic mass is 16.2. The van der Waals surface area contributed by atoms with Gasteiger partial charge < -0.3 is 4.90 Å². The van der Waals surface area contributed by atoms with Gasteiger partial charge in [-0.15, -0.1) is 0 Å². The Kier molecular flexibility index (Phi) is 3.00. The average molecular weight is 168 g/mol. The van der Waals surface area contributed by atoms with E-state index in [1.807, 2.05) is 6.92 Å². The molecule has 0 aromatic rings. The van der Waals surface area contributed by atoms with Crippen LogP contribution in [0.3, 0.4) is 0 Å². The van der Waals surface area contributed by atoms with Crippen LogP contribution in [0.4, 0.5) is 0 Å². The van der Waals surface area contributed by atoms with Gasteiger partial charge >= 0.3 is 0 Å². The Bertz CT molecular complexity index is 221. The van der Waals surface area contributed by atoms with Crippen molar-refractivity contribution in [3.05, 3.63) is 0 Å². The van der Waals surface area contributed by atoms with Gasteiger partial charge in [-0.05, 0) is 12.8 Å². The molecule has 0 aliphatic carbocycles. The Balaban J connectivity index is 2.54. The lowest BCUT2D eigenvalue weighted by atomic mass is 10.3. The molecule has 1 rings (SSSR count). The van der Waals surface area contributed by atoms with Crippen molar-refractivity contribution in [1.29, 1.82) is 0 Å². The quantitative estimate of drug-likeness (QED) is 0.450. The molecule has 0 bridgehead atoms. The molecule has 1 aliphatic rings. The number of carbonyl (C=O) groups is 1. The fourth-order valence-electron chi connectivity index (χ4n) is 1.40. The fourth-order valence-corrected chi connectivity index (χ4v) is 1.40. The summed E-state index contributed by atoms with van der Waals surface area (Å²) < 4.78 is 0. The van der Waals surface area contributed by atoms with Crippen molar-refractivity contribution in [2.45, 2.75) is 25.8 Å². The highest BCUT2D eigenvalue weighted by molar-refractivity contribution is 5.84. The highest BCUT2D eigenvalue weighted by Gasteiger charge is 2.30. The normalized spacial score (nSPS) is 22.6. The van der Waals surface area contributed by atoms with Gasteiger partial charge in [-0.2, -0.15) is 4.99 Å². The van der Waals surface area contributed by atoms with E-state index < -0.39 is 6.04 Å². The largest absolute Gasteiger partial charge is 0.341 e. The van der Waals surface area contributed by atoms with Crippen LogP contribution in [0, 0.1) is 0 Å². The summed E-state index contributed by atoms with van der Waals surface area (Å²) in [7, 11) is 0. The molecule has 0 aromatic heterocycles. The minimum absolute atomic E-state index is 0.0276. The summed E-state index contributed by atoms with van der Waals surface area (Å²) in [6, 6.07) is -0.450. The Morgan fingerprint density at radius 3 is 3.08 bits per heavy atom. The molecule has 0 spiro atoms. The Labute approximate surface area is 71.3 Å². The SMILES string of the molecule is CCCN1CCC(N=C=O)C1=O. The van der Waals surface area contributed by atoms with Crippen molar-refractivity contribution in [2.75, 3.05) is 13.1 Å². The minimum atomic E-state index is -0.450. The molecule has 0 aromatic carbocycles. The zero-order valence-electron chi connectivity index (χ0n) is 7.12. The van der Waals surface area contributed by atoms with E-state index in [0.29, 0.717) is 6.42 Å². The summed E-state index contributed by atoms with van der Waals surface area (Å²) >= 11 is 0. The lowest BCUT2D eigenvalue weighted by Crippen LogP contribution is -2.29. The Hall–Kier alpha value is -1.15. The average Bonchev–Trinajstić information content (AvgIpc) is 2.38. The third-order valence-corrected chi connectivity index (χ3v) is 1.97. The predicted molar refractivity (Wildman–Crippen MR) is 43.4 cm³/mol. The van der Waals surface area contributed by atoms with Crippen LogP contribution < -0.4 is 0 Å². The molecule has 1 unspecified atom stereocenters. The first-order valence-corrected chi connectivity index (χ1v) is 4.15. The van der Waals surface area contributed by atoms with Crippen molar-refractivity contribution >= 4 is 12.0 Å². The van der Waals surface area contributed by atoms with Gasteiger partial charge in [0.1, 0.15) is 6.04 Å². The molecule has 1 saturated heterocycles. The predicted octanol–water partition coefficient (Wildman–Crippen LogP) is 0.333. The second-order valence-electron chi connectivity index (χ2n) is 2.85. The molecule has 1 fully saturated rings. The van der Waals surface area contributed by atoms with Crippen molar-refractivity contribution in [1.82, 2.24) is 4.90 Å². The smallest absolute Gasteiger partial charge is 0.248 e. The van der Waals surface area contributed by atoms with Crippen molar-refractivity contribution in [3.63, 3.8) is 0 Å². The van der Waals surface area contributed by atoms with Gasteiger partial charge in [0.05, 0.1) is 0 Å². The monoisotopic (exact) mass is 168 g/mol. The molecule has 1 atom stereocenters. The molecule has 4 heteroatoms. The van der Waals surface area contributed by atoms with Gasteiger partial charge in [-0.25, -0.2) is 4.79 Å². The molecule has 0 N–H and O–H groups in total. The fraction of sp³-hybridized carbons (Fsp3) is 0.750. The number of carbonyl (C=O) groups excluding carboxylic acids is 2. The Morgan fingerprint density at radius 2 is 2.50 bits per heavy atom. The number of rotatable bonds is 3. The van der Waals surface area contributed by atoms with Crippen molar-refractivity contribution in [2.24, 2.45) is 4.99 Å². The van der Waals surface area contributed by atoms with Gasteiger partial charge in [-0.1, -0.05) is 6.92 Å². The van der Waals surface area contributed by atoms with E-state index in [9.17, 15) is 9.59 Å². The van der Waals surface area contributed by atoms with E-state index in [0.717, 1.165) is 19.5 Å². The molecule has 0 radical (unpaired) electrons. The number of hydrogen-bond acceptors (Lipinski definition) is 3. The van der Waals surface area contributed by atoms with E-state index in [-0.39, 0.29) is 5.91 Å². The van der Waals surface area contributed by atoms with E-state index >= 15 is 0 Å². The number of hydrogen-bond donors (Lipinski definition) is 0. The van der Waals surface area contributed by atoms with Crippen LogP contribution in [0.15, 0.2) is 4.99 Å². The summed E-state index contributed by atoms with van der Waals surface area (Å²) in [5, 5.41) is 0. The van der Waals surface area contributed by atoms with Crippen LogP contribution in [0.1, 0.15) is 19.8 Å². The maximum Gasteiger partial charge on any atom is 0.248 e. The molecular formula is C8H12N2O2. The second-order valence-corrected chi connectivity index (χ2v) is 2.85. The number of likely N-dealkylation sites (tertiary alicyclic amines) is 1. The summed E-state index contributed by atoms with van der Waals surface area (Å²) in [6.07, 6.45) is 3.04. The summed E-state index contributed by atoms with van der Waals surface area (Å²) in [5.41, 5.74) is 0. The topological polar surface area (TPSA) is 49.7 Å². The van der Waals surface area contributed by atoms with Crippen LogP contribution in [-0.2, 0) is 9.59 Å². The Morgan fingerprint density at radius 1 is 1.75 bits per heavy atom.